The van der Waals surface area contributed by atoms with Crippen molar-refractivity contribution in [1.29, 1.82) is 0 Å². The van der Waals surface area contributed by atoms with Crippen molar-refractivity contribution in [2.24, 2.45) is 5.16 Å². The third-order valence-corrected chi connectivity index (χ3v) is 5.04. The van der Waals surface area contributed by atoms with Crippen LogP contribution in [0, 0.1) is 0 Å². The highest BCUT2D eigenvalue weighted by atomic mass is 16.5. The molecule has 0 atom stereocenters. The monoisotopic (exact) mass is 452 g/mol. The molecule has 0 bridgehead atoms. The Kier molecular flexibility index (Phi) is 8.79. The highest BCUT2D eigenvalue weighted by Crippen LogP contribution is 2.33. The molecule has 0 aromatic heterocycles. The van der Waals surface area contributed by atoms with Gasteiger partial charge in [0.05, 0.1) is 5.56 Å². The summed E-state index contributed by atoms with van der Waals surface area (Å²) in [5.41, 5.74) is 2.98. The molecule has 0 spiro atoms. The summed E-state index contributed by atoms with van der Waals surface area (Å²) in [5.74, 6) is 0.0327. The van der Waals surface area contributed by atoms with E-state index in [4.69, 9.17) is 9.47 Å². The standard InChI is InChI=1S/C26H32N2O5/c1-7-15-32-25(30)19-9-12-21(13-10-19)33-17-23(27-31)20-11-14-24(28(8-2)18(3)29)22(16-20)26(4,5)6/h7,9-14,16,31H,1,8,15,17H2,2-6H3. The van der Waals surface area contributed by atoms with Gasteiger partial charge in [-0.05, 0) is 54.3 Å². The minimum Gasteiger partial charge on any atom is -0.487 e. The second kappa shape index (κ2) is 11.3. The van der Waals surface area contributed by atoms with Crippen LogP contribution in [0.1, 0.15) is 56.1 Å². The lowest BCUT2D eigenvalue weighted by Crippen LogP contribution is -2.31. The van der Waals surface area contributed by atoms with Crippen LogP contribution in [-0.4, -0.2) is 42.6 Å². The first-order valence-corrected chi connectivity index (χ1v) is 10.8. The number of esters is 1. The molecule has 0 aliphatic carbocycles. The van der Waals surface area contributed by atoms with Gasteiger partial charge in [-0.3, -0.25) is 4.79 Å². The zero-order valence-corrected chi connectivity index (χ0v) is 19.9. The average Bonchev–Trinajstić information content (AvgIpc) is 2.78. The van der Waals surface area contributed by atoms with Crippen molar-refractivity contribution in [3.05, 3.63) is 71.8 Å². The van der Waals surface area contributed by atoms with Gasteiger partial charge in [0.15, 0.2) is 0 Å². The van der Waals surface area contributed by atoms with Gasteiger partial charge in [0.1, 0.15) is 24.7 Å². The summed E-state index contributed by atoms with van der Waals surface area (Å²) in [7, 11) is 0. The second-order valence-corrected chi connectivity index (χ2v) is 8.49. The van der Waals surface area contributed by atoms with Gasteiger partial charge in [-0.15, -0.1) is 0 Å². The van der Waals surface area contributed by atoms with E-state index in [1.807, 2.05) is 25.1 Å². The normalized spacial score (nSPS) is 11.6. The summed E-state index contributed by atoms with van der Waals surface area (Å²) in [6.07, 6.45) is 1.50. The lowest BCUT2D eigenvalue weighted by molar-refractivity contribution is -0.116. The molecule has 0 heterocycles. The Morgan fingerprint density at radius 2 is 1.76 bits per heavy atom. The van der Waals surface area contributed by atoms with Gasteiger partial charge in [-0.1, -0.05) is 44.6 Å². The van der Waals surface area contributed by atoms with Crippen LogP contribution >= 0.6 is 0 Å². The lowest BCUT2D eigenvalue weighted by Gasteiger charge is -2.29. The summed E-state index contributed by atoms with van der Waals surface area (Å²) in [4.78, 5) is 25.7. The number of ether oxygens (including phenoxy) is 2. The largest absolute Gasteiger partial charge is 0.487 e. The first kappa shape index (κ1) is 25.6. The van der Waals surface area contributed by atoms with Crippen molar-refractivity contribution in [3.8, 4) is 5.75 Å². The van der Waals surface area contributed by atoms with E-state index in [2.05, 4.69) is 32.5 Å². The van der Waals surface area contributed by atoms with Crippen LogP contribution < -0.4 is 9.64 Å². The Bertz CT molecular complexity index is 1020. The molecule has 2 rings (SSSR count). The Morgan fingerprint density at radius 3 is 2.27 bits per heavy atom. The number of anilines is 1. The van der Waals surface area contributed by atoms with E-state index in [1.165, 1.54) is 6.08 Å². The second-order valence-electron chi connectivity index (χ2n) is 8.49. The van der Waals surface area contributed by atoms with Crippen molar-refractivity contribution in [1.82, 2.24) is 0 Å². The molecule has 1 N–H and O–H groups in total. The SMILES string of the molecule is C=CCOC(=O)c1ccc(OCC(=NO)c2ccc(N(CC)C(C)=O)c(C(C)(C)C)c2)cc1. The van der Waals surface area contributed by atoms with Crippen molar-refractivity contribution < 1.29 is 24.3 Å². The number of rotatable bonds is 9. The summed E-state index contributed by atoms with van der Waals surface area (Å²) in [5, 5.41) is 13.1. The summed E-state index contributed by atoms with van der Waals surface area (Å²) in [6, 6.07) is 12.1. The van der Waals surface area contributed by atoms with Gasteiger partial charge in [0.2, 0.25) is 5.91 Å². The van der Waals surface area contributed by atoms with E-state index < -0.39 is 5.97 Å². The van der Waals surface area contributed by atoms with Crippen molar-refractivity contribution >= 4 is 23.3 Å². The summed E-state index contributed by atoms with van der Waals surface area (Å²) < 4.78 is 10.8. The quantitative estimate of drug-likeness (QED) is 0.191. The van der Waals surface area contributed by atoms with Crippen LogP contribution in [0.4, 0.5) is 5.69 Å². The maximum absolute atomic E-state index is 12.1. The van der Waals surface area contributed by atoms with Crippen LogP contribution in [0.2, 0.25) is 0 Å². The van der Waals surface area contributed by atoms with Crippen LogP contribution in [-0.2, 0) is 14.9 Å². The molecule has 0 aliphatic rings. The number of hydrogen-bond acceptors (Lipinski definition) is 6. The maximum atomic E-state index is 12.1. The minimum absolute atomic E-state index is 0.0177. The number of carbonyl (C=O) groups excluding carboxylic acids is 2. The zero-order chi connectivity index (χ0) is 24.6. The molecule has 176 valence electrons. The van der Waals surface area contributed by atoms with E-state index in [-0.39, 0.29) is 24.5 Å². The van der Waals surface area contributed by atoms with Crippen molar-refractivity contribution in [2.45, 2.75) is 40.0 Å². The number of amides is 1. The molecule has 0 saturated carbocycles. The van der Waals surface area contributed by atoms with Crippen LogP contribution in [0.25, 0.3) is 0 Å². The Hall–Kier alpha value is -3.61. The first-order valence-electron chi connectivity index (χ1n) is 10.8. The molecule has 0 unspecified atom stereocenters. The average molecular weight is 453 g/mol. The molecule has 33 heavy (non-hydrogen) atoms. The van der Waals surface area contributed by atoms with Gasteiger partial charge in [-0.25, -0.2) is 4.79 Å². The highest BCUT2D eigenvalue weighted by molar-refractivity contribution is 6.02. The van der Waals surface area contributed by atoms with E-state index in [1.54, 1.807) is 36.1 Å². The molecule has 0 saturated heterocycles. The fraction of sp³-hybridized carbons (Fsp3) is 0.346. The van der Waals surface area contributed by atoms with Gasteiger partial charge >= 0.3 is 5.97 Å². The maximum Gasteiger partial charge on any atom is 0.338 e. The van der Waals surface area contributed by atoms with Crippen LogP contribution in [0.3, 0.4) is 0 Å². The number of hydrogen-bond donors (Lipinski definition) is 1. The number of nitrogens with zero attached hydrogens (tertiary/aromatic N) is 2. The smallest absolute Gasteiger partial charge is 0.338 e. The molecule has 0 fully saturated rings. The van der Waals surface area contributed by atoms with Crippen LogP contribution in [0.15, 0.2) is 60.3 Å². The molecule has 7 nitrogen and oxygen atoms in total. The predicted molar refractivity (Wildman–Crippen MR) is 130 cm³/mol. The van der Waals surface area contributed by atoms with E-state index in [9.17, 15) is 14.8 Å². The Balaban J connectivity index is 2.23. The van der Waals surface area contributed by atoms with Gasteiger partial charge in [0.25, 0.3) is 0 Å². The molecule has 1 amide bonds. The first-order chi connectivity index (χ1) is 15.6. The van der Waals surface area contributed by atoms with Crippen molar-refractivity contribution in [3.63, 3.8) is 0 Å². The van der Waals surface area contributed by atoms with Gasteiger partial charge in [-0.2, -0.15) is 0 Å². The van der Waals surface area contributed by atoms with Gasteiger partial charge in [0, 0.05) is 24.7 Å². The molecular formula is C26H32N2O5. The fourth-order valence-corrected chi connectivity index (χ4v) is 3.34. The molecule has 0 aliphatic heterocycles. The Labute approximate surface area is 195 Å². The van der Waals surface area contributed by atoms with Crippen molar-refractivity contribution in [2.75, 3.05) is 24.7 Å². The van der Waals surface area contributed by atoms with E-state index >= 15 is 0 Å². The molecule has 2 aromatic rings. The number of carbonyl (C=O) groups is 2. The number of benzene rings is 2. The molecule has 7 heteroatoms. The highest BCUT2D eigenvalue weighted by Gasteiger charge is 2.24. The zero-order valence-electron chi connectivity index (χ0n) is 19.9. The third kappa shape index (κ3) is 6.68. The van der Waals surface area contributed by atoms with E-state index in [0.717, 1.165) is 11.3 Å². The van der Waals surface area contributed by atoms with E-state index in [0.29, 0.717) is 29.1 Å². The predicted octanol–water partition coefficient (Wildman–Crippen LogP) is 4.96. The summed E-state index contributed by atoms with van der Waals surface area (Å²) in [6.45, 7) is 13.9. The topological polar surface area (TPSA) is 88.4 Å². The molecule has 0 radical (unpaired) electrons. The van der Waals surface area contributed by atoms with Crippen LogP contribution in [0.5, 0.6) is 5.75 Å². The fourth-order valence-electron chi connectivity index (χ4n) is 3.34. The minimum atomic E-state index is -0.444. The Morgan fingerprint density at radius 1 is 1.12 bits per heavy atom. The molecular weight excluding hydrogens is 420 g/mol. The summed E-state index contributed by atoms with van der Waals surface area (Å²) >= 11 is 0. The lowest BCUT2D eigenvalue weighted by atomic mass is 9.84. The number of oxime groups is 1. The molecule has 2 aromatic carbocycles. The van der Waals surface area contributed by atoms with Gasteiger partial charge < -0.3 is 19.6 Å². The third-order valence-electron chi connectivity index (χ3n) is 5.04.